The lowest BCUT2D eigenvalue weighted by Crippen LogP contribution is -2.45. The Bertz CT molecular complexity index is 492. The number of urea groups is 1. The molecule has 3 rings (SSSR count). The highest BCUT2D eigenvalue weighted by atomic mass is 16.2. The molecule has 110 valence electrons. The summed E-state index contributed by atoms with van der Waals surface area (Å²) in [5, 5.41) is 7.69. The van der Waals surface area contributed by atoms with Gasteiger partial charge >= 0.3 is 6.03 Å². The zero-order valence-corrected chi connectivity index (χ0v) is 12.3. The Balaban J connectivity index is 1.64. The van der Waals surface area contributed by atoms with E-state index in [-0.39, 0.29) is 6.03 Å². The van der Waals surface area contributed by atoms with E-state index in [4.69, 9.17) is 0 Å². The van der Waals surface area contributed by atoms with Crippen LogP contribution in [-0.2, 0) is 13.6 Å². The van der Waals surface area contributed by atoms with Gasteiger partial charge in [0.25, 0.3) is 0 Å². The number of carbonyl (C=O) groups excluding carboxylic acids is 1. The topological polar surface area (TPSA) is 53.4 Å². The third-order valence-electron chi connectivity index (χ3n) is 4.33. The molecule has 0 atom stereocenters. The minimum atomic E-state index is 0.191. The van der Waals surface area contributed by atoms with Gasteiger partial charge in [-0.2, -0.15) is 5.10 Å². The number of hydrogen-bond acceptors (Lipinski definition) is 3. The fourth-order valence-electron chi connectivity index (χ4n) is 3.21. The Morgan fingerprint density at radius 3 is 2.75 bits per heavy atom. The third-order valence-corrected chi connectivity index (χ3v) is 4.33. The van der Waals surface area contributed by atoms with Crippen molar-refractivity contribution in [2.75, 3.05) is 26.2 Å². The normalized spacial score (nSPS) is 21.0. The van der Waals surface area contributed by atoms with Gasteiger partial charge < -0.3 is 15.1 Å². The zero-order chi connectivity index (χ0) is 14.1. The summed E-state index contributed by atoms with van der Waals surface area (Å²) in [6.07, 6.45) is 2.15. The van der Waals surface area contributed by atoms with Crippen LogP contribution < -0.4 is 5.32 Å². The number of aromatic nitrogens is 2. The Hall–Kier alpha value is -1.56. The molecule has 1 aromatic heterocycles. The standard InChI is InChI=1S/C14H23N5O/c1-11-9-13(17(2)16-11)10-18-7-8-19(14(18)20)12-3-5-15-6-4-12/h9,12,15H,3-8,10H2,1-2H3. The average Bonchev–Trinajstić information content (AvgIpc) is 2.95. The first-order valence-corrected chi connectivity index (χ1v) is 7.41. The van der Waals surface area contributed by atoms with E-state index in [9.17, 15) is 4.79 Å². The number of carbonyl (C=O) groups is 1. The van der Waals surface area contributed by atoms with Crippen molar-refractivity contribution >= 4 is 6.03 Å². The highest BCUT2D eigenvalue weighted by Crippen LogP contribution is 2.20. The molecule has 1 N–H and O–H groups in total. The van der Waals surface area contributed by atoms with Crippen LogP contribution in [0.1, 0.15) is 24.2 Å². The molecule has 2 aliphatic rings. The Morgan fingerprint density at radius 1 is 1.35 bits per heavy atom. The quantitative estimate of drug-likeness (QED) is 0.885. The van der Waals surface area contributed by atoms with Gasteiger partial charge in [-0.3, -0.25) is 4.68 Å². The van der Waals surface area contributed by atoms with E-state index in [1.165, 1.54) is 0 Å². The van der Waals surface area contributed by atoms with Crippen molar-refractivity contribution in [2.45, 2.75) is 32.4 Å². The van der Waals surface area contributed by atoms with Gasteiger partial charge in [0.2, 0.25) is 0 Å². The molecule has 6 heteroatoms. The largest absolute Gasteiger partial charge is 0.320 e. The SMILES string of the molecule is Cc1cc(CN2CCN(C3CCNCC3)C2=O)n(C)n1. The summed E-state index contributed by atoms with van der Waals surface area (Å²) < 4.78 is 1.87. The number of rotatable bonds is 3. The minimum Gasteiger partial charge on any atom is -0.320 e. The summed E-state index contributed by atoms with van der Waals surface area (Å²) in [7, 11) is 1.94. The van der Waals surface area contributed by atoms with Crippen LogP contribution in [0.25, 0.3) is 0 Å². The van der Waals surface area contributed by atoms with Crippen LogP contribution in [0.4, 0.5) is 4.79 Å². The van der Waals surface area contributed by atoms with Gasteiger partial charge in [0.05, 0.1) is 17.9 Å². The Morgan fingerprint density at radius 2 is 2.10 bits per heavy atom. The number of piperidine rings is 1. The maximum Gasteiger partial charge on any atom is 0.320 e. The molecule has 0 aliphatic carbocycles. The predicted molar refractivity (Wildman–Crippen MR) is 76.3 cm³/mol. The van der Waals surface area contributed by atoms with E-state index in [1.54, 1.807) is 0 Å². The van der Waals surface area contributed by atoms with Crippen LogP contribution in [-0.4, -0.2) is 57.8 Å². The molecular weight excluding hydrogens is 254 g/mol. The molecule has 2 saturated heterocycles. The molecule has 6 nitrogen and oxygen atoms in total. The van der Waals surface area contributed by atoms with E-state index in [1.807, 2.05) is 23.6 Å². The van der Waals surface area contributed by atoms with Crippen LogP contribution in [0.3, 0.4) is 0 Å². The van der Waals surface area contributed by atoms with Crippen molar-refractivity contribution in [3.05, 3.63) is 17.5 Å². The Kier molecular flexibility index (Phi) is 3.65. The highest BCUT2D eigenvalue weighted by molar-refractivity contribution is 5.76. The van der Waals surface area contributed by atoms with Gasteiger partial charge in [-0.25, -0.2) is 4.79 Å². The first kappa shape index (κ1) is 13.4. The van der Waals surface area contributed by atoms with E-state index in [0.29, 0.717) is 12.6 Å². The first-order valence-electron chi connectivity index (χ1n) is 7.41. The first-order chi connectivity index (χ1) is 9.65. The molecule has 0 aromatic carbocycles. The van der Waals surface area contributed by atoms with Crippen molar-refractivity contribution in [3.63, 3.8) is 0 Å². The number of amides is 2. The van der Waals surface area contributed by atoms with Gasteiger partial charge in [0.1, 0.15) is 0 Å². The maximum absolute atomic E-state index is 12.5. The molecule has 3 heterocycles. The molecule has 2 amide bonds. The lowest BCUT2D eigenvalue weighted by atomic mass is 10.1. The van der Waals surface area contributed by atoms with Crippen LogP contribution in [0.2, 0.25) is 0 Å². The summed E-state index contributed by atoms with van der Waals surface area (Å²) in [6.45, 7) is 6.38. The van der Waals surface area contributed by atoms with Gasteiger partial charge in [-0.1, -0.05) is 0 Å². The summed E-state index contributed by atoms with van der Waals surface area (Å²) in [5.41, 5.74) is 2.10. The molecule has 20 heavy (non-hydrogen) atoms. The Labute approximate surface area is 119 Å². The molecule has 2 fully saturated rings. The van der Waals surface area contributed by atoms with Crippen molar-refractivity contribution in [2.24, 2.45) is 7.05 Å². The van der Waals surface area contributed by atoms with Crippen molar-refractivity contribution in [1.82, 2.24) is 24.9 Å². The highest BCUT2D eigenvalue weighted by Gasteiger charge is 2.34. The number of nitrogens with zero attached hydrogens (tertiary/aromatic N) is 4. The molecule has 1 aromatic rings. The van der Waals surface area contributed by atoms with Crippen LogP contribution in [0.5, 0.6) is 0 Å². The molecule has 0 bridgehead atoms. The van der Waals surface area contributed by atoms with Crippen LogP contribution >= 0.6 is 0 Å². The fourth-order valence-corrected chi connectivity index (χ4v) is 3.21. The van der Waals surface area contributed by atoms with Crippen LogP contribution in [0, 0.1) is 6.92 Å². The number of hydrogen-bond donors (Lipinski definition) is 1. The third kappa shape index (κ3) is 2.52. The fraction of sp³-hybridized carbons (Fsp3) is 0.714. The van der Waals surface area contributed by atoms with Gasteiger partial charge in [-0.05, 0) is 38.9 Å². The van der Waals surface area contributed by atoms with Crippen LogP contribution in [0.15, 0.2) is 6.07 Å². The minimum absolute atomic E-state index is 0.191. The smallest absolute Gasteiger partial charge is 0.320 e. The molecule has 0 saturated carbocycles. The van der Waals surface area contributed by atoms with E-state index in [2.05, 4.69) is 21.4 Å². The average molecular weight is 277 g/mol. The molecular formula is C14H23N5O. The maximum atomic E-state index is 12.5. The predicted octanol–water partition coefficient (Wildman–Crippen LogP) is 0.718. The van der Waals surface area contributed by atoms with Gasteiger partial charge in [0.15, 0.2) is 0 Å². The summed E-state index contributed by atoms with van der Waals surface area (Å²) in [5.74, 6) is 0. The summed E-state index contributed by atoms with van der Waals surface area (Å²) >= 11 is 0. The number of nitrogens with one attached hydrogen (secondary N) is 1. The van der Waals surface area contributed by atoms with Crippen molar-refractivity contribution in [3.8, 4) is 0 Å². The van der Waals surface area contributed by atoms with Crippen molar-refractivity contribution < 1.29 is 4.79 Å². The molecule has 0 unspecified atom stereocenters. The second-order valence-corrected chi connectivity index (χ2v) is 5.78. The summed E-state index contributed by atoms with van der Waals surface area (Å²) in [6, 6.07) is 2.67. The van der Waals surface area contributed by atoms with E-state index in [0.717, 1.165) is 50.4 Å². The van der Waals surface area contributed by atoms with Gasteiger partial charge in [0, 0.05) is 26.2 Å². The van der Waals surface area contributed by atoms with Crippen molar-refractivity contribution in [1.29, 1.82) is 0 Å². The summed E-state index contributed by atoms with van der Waals surface area (Å²) in [4.78, 5) is 16.5. The zero-order valence-electron chi connectivity index (χ0n) is 12.3. The lowest BCUT2D eigenvalue weighted by molar-refractivity contribution is 0.164. The lowest BCUT2D eigenvalue weighted by Gasteiger charge is -2.31. The monoisotopic (exact) mass is 277 g/mol. The molecule has 0 spiro atoms. The van der Waals surface area contributed by atoms with Gasteiger partial charge in [-0.15, -0.1) is 0 Å². The number of aryl methyl sites for hydroxylation is 2. The second kappa shape index (κ2) is 5.44. The molecule has 0 radical (unpaired) electrons. The van der Waals surface area contributed by atoms with E-state index >= 15 is 0 Å². The van der Waals surface area contributed by atoms with E-state index < -0.39 is 0 Å². The second-order valence-electron chi connectivity index (χ2n) is 5.78. The molecule has 2 aliphatic heterocycles.